The minimum absolute atomic E-state index is 0.431. The maximum Gasteiger partial charge on any atom is 0.203 e. The average molecular weight is 284 g/mol. The Bertz CT molecular complexity index is 713. The third kappa shape index (κ3) is 1.77. The van der Waals surface area contributed by atoms with Gasteiger partial charge in [0.2, 0.25) is 4.77 Å². The molecule has 2 heterocycles. The zero-order valence-corrected chi connectivity index (χ0v) is 11.9. The van der Waals surface area contributed by atoms with Crippen molar-refractivity contribution in [3.63, 3.8) is 0 Å². The lowest BCUT2D eigenvalue weighted by Crippen LogP contribution is -2.43. The van der Waals surface area contributed by atoms with Crippen LogP contribution in [0.15, 0.2) is 42.5 Å². The van der Waals surface area contributed by atoms with Crippen molar-refractivity contribution in [3.05, 3.63) is 53.1 Å². The van der Waals surface area contributed by atoms with Crippen LogP contribution in [0.25, 0.3) is 5.69 Å². The molecule has 0 saturated carbocycles. The lowest BCUT2D eigenvalue weighted by molar-refractivity contribution is 0.318. The van der Waals surface area contributed by atoms with Gasteiger partial charge in [-0.3, -0.25) is 9.88 Å². The molecule has 5 heteroatoms. The van der Waals surface area contributed by atoms with Crippen LogP contribution in [-0.2, 0) is 6.67 Å². The van der Waals surface area contributed by atoms with Gasteiger partial charge in [-0.25, -0.2) is 4.68 Å². The molecule has 1 aliphatic carbocycles. The average Bonchev–Trinajstić information content (AvgIpc) is 2.86. The van der Waals surface area contributed by atoms with E-state index in [4.69, 9.17) is 17.3 Å². The van der Waals surface area contributed by atoms with Gasteiger partial charge in [-0.05, 0) is 37.2 Å². The van der Waals surface area contributed by atoms with Gasteiger partial charge in [-0.2, -0.15) is 5.10 Å². The van der Waals surface area contributed by atoms with Crippen LogP contribution >= 0.6 is 12.2 Å². The van der Waals surface area contributed by atoms with E-state index < -0.39 is 0 Å². The van der Waals surface area contributed by atoms with Crippen molar-refractivity contribution in [2.75, 3.05) is 0 Å². The van der Waals surface area contributed by atoms with Gasteiger partial charge >= 0.3 is 0 Å². The first kappa shape index (κ1) is 12.1. The van der Waals surface area contributed by atoms with Crippen LogP contribution in [0.4, 0.5) is 0 Å². The van der Waals surface area contributed by atoms with Gasteiger partial charge in [0.25, 0.3) is 0 Å². The number of rotatable bonds is 1. The Morgan fingerprint density at radius 2 is 1.95 bits per heavy atom. The lowest BCUT2D eigenvalue weighted by Gasteiger charge is -2.33. The summed E-state index contributed by atoms with van der Waals surface area (Å²) >= 11 is 5.59. The van der Waals surface area contributed by atoms with Crippen molar-refractivity contribution in [1.82, 2.24) is 19.7 Å². The van der Waals surface area contributed by atoms with Crippen molar-refractivity contribution in [3.8, 4) is 5.69 Å². The van der Waals surface area contributed by atoms with Crippen LogP contribution in [0.3, 0.4) is 0 Å². The van der Waals surface area contributed by atoms with Crippen molar-refractivity contribution in [2.24, 2.45) is 0 Å². The number of para-hydroxylation sites is 1. The monoisotopic (exact) mass is 284 g/mol. The molecule has 1 aromatic carbocycles. The van der Waals surface area contributed by atoms with E-state index in [0.717, 1.165) is 35.8 Å². The highest BCUT2D eigenvalue weighted by atomic mass is 32.1. The van der Waals surface area contributed by atoms with Gasteiger partial charge in [0, 0.05) is 12.0 Å². The van der Waals surface area contributed by atoms with Crippen LogP contribution in [0.1, 0.15) is 24.6 Å². The van der Waals surface area contributed by atoms with Gasteiger partial charge in [0.1, 0.15) is 5.82 Å². The lowest BCUT2D eigenvalue weighted by atomic mass is 9.87. The van der Waals surface area contributed by atoms with Crippen molar-refractivity contribution < 1.29 is 0 Å². The van der Waals surface area contributed by atoms with Crippen molar-refractivity contribution >= 4 is 12.2 Å². The van der Waals surface area contributed by atoms with E-state index >= 15 is 0 Å². The normalized spacial score (nSPS) is 24.2. The molecular weight excluding hydrogens is 268 g/mol. The molecule has 4 rings (SSSR count). The van der Waals surface area contributed by atoms with Crippen LogP contribution in [-0.4, -0.2) is 20.4 Å². The van der Waals surface area contributed by atoms with E-state index in [2.05, 4.69) is 22.0 Å². The smallest absolute Gasteiger partial charge is 0.203 e. The molecule has 1 aromatic heterocycles. The molecule has 4 nitrogen and oxygen atoms in total. The third-order valence-corrected chi connectivity index (χ3v) is 4.56. The summed E-state index contributed by atoms with van der Waals surface area (Å²) in [5.41, 5.74) is 1.03. The minimum atomic E-state index is 0.431. The fraction of sp³-hybridized carbons (Fsp3) is 0.333. The Morgan fingerprint density at radius 3 is 2.80 bits per heavy atom. The van der Waals surface area contributed by atoms with E-state index in [1.807, 2.05) is 35.0 Å². The summed E-state index contributed by atoms with van der Waals surface area (Å²) in [6.07, 6.45) is 6.63. The molecule has 20 heavy (non-hydrogen) atoms. The van der Waals surface area contributed by atoms with Crippen LogP contribution in [0.2, 0.25) is 0 Å². The summed E-state index contributed by atoms with van der Waals surface area (Å²) in [5, 5.41) is 8.38. The maximum absolute atomic E-state index is 5.59. The predicted molar refractivity (Wildman–Crippen MR) is 80.4 cm³/mol. The molecule has 0 radical (unpaired) electrons. The quantitative estimate of drug-likeness (QED) is 0.646. The summed E-state index contributed by atoms with van der Waals surface area (Å²) in [5.74, 6) is 1.55. The molecule has 2 atom stereocenters. The molecular formula is C15H16N4S. The number of nitrogens with one attached hydrogen (secondary N) is 1. The predicted octanol–water partition coefficient (Wildman–Crippen LogP) is 2.77. The molecule has 2 unspecified atom stereocenters. The molecule has 102 valence electrons. The highest BCUT2D eigenvalue weighted by Gasteiger charge is 2.32. The zero-order chi connectivity index (χ0) is 13.5. The Labute approximate surface area is 122 Å². The number of benzene rings is 1. The van der Waals surface area contributed by atoms with Crippen LogP contribution < -0.4 is 5.32 Å². The van der Waals surface area contributed by atoms with Gasteiger partial charge in [-0.15, -0.1) is 0 Å². The fourth-order valence-corrected chi connectivity index (χ4v) is 3.41. The number of hydrogen-bond donors (Lipinski definition) is 1. The van der Waals surface area contributed by atoms with E-state index in [0.29, 0.717) is 12.0 Å². The zero-order valence-electron chi connectivity index (χ0n) is 11.1. The molecule has 0 fully saturated rings. The first-order valence-electron chi connectivity index (χ1n) is 6.98. The molecule has 1 N–H and O–H groups in total. The largest absolute Gasteiger partial charge is 0.296 e. The Hall–Kier alpha value is -1.72. The third-order valence-electron chi connectivity index (χ3n) is 4.17. The first-order chi connectivity index (χ1) is 9.84. The number of allylic oxidation sites excluding steroid dienone is 1. The number of fused-ring (bicyclic) bond motifs is 3. The van der Waals surface area contributed by atoms with Crippen LogP contribution in [0, 0.1) is 4.77 Å². The molecule has 2 aliphatic rings. The molecule has 0 bridgehead atoms. The summed E-state index contributed by atoms with van der Waals surface area (Å²) in [6.45, 7) is 0.760. The van der Waals surface area contributed by atoms with Gasteiger partial charge < -0.3 is 0 Å². The fourth-order valence-electron chi connectivity index (χ4n) is 3.11. The SMILES string of the molecule is S=c1n(-c2ccccc2)nc2n1CNC1CC=CCC21. The highest BCUT2D eigenvalue weighted by molar-refractivity contribution is 7.71. The van der Waals surface area contributed by atoms with E-state index in [1.54, 1.807) is 0 Å². The number of hydrogen-bond acceptors (Lipinski definition) is 3. The van der Waals surface area contributed by atoms with Gasteiger partial charge in [0.15, 0.2) is 0 Å². The number of nitrogens with zero attached hydrogens (tertiary/aromatic N) is 3. The van der Waals surface area contributed by atoms with E-state index in [-0.39, 0.29) is 0 Å². The second kappa shape index (κ2) is 4.68. The van der Waals surface area contributed by atoms with Crippen molar-refractivity contribution in [2.45, 2.75) is 31.5 Å². The second-order valence-corrected chi connectivity index (χ2v) is 5.70. The Balaban J connectivity index is 1.84. The standard InChI is InChI=1S/C15H16N4S/c20-15-18-10-16-13-9-5-4-8-12(13)14(18)17-19(15)11-6-2-1-3-7-11/h1-7,12-13,16H,8-10H2. The number of aromatic nitrogens is 3. The molecule has 1 aliphatic heterocycles. The molecule has 0 saturated heterocycles. The van der Waals surface area contributed by atoms with Gasteiger partial charge in [0.05, 0.1) is 12.4 Å². The topological polar surface area (TPSA) is 34.8 Å². The highest BCUT2D eigenvalue weighted by Crippen LogP contribution is 2.32. The first-order valence-corrected chi connectivity index (χ1v) is 7.39. The van der Waals surface area contributed by atoms with E-state index in [9.17, 15) is 0 Å². The summed E-state index contributed by atoms with van der Waals surface area (Å²) in [4.78, 5) is 0. The maximum atomic E-state index is 5.59. The second-order valence-electron chi connectivity index (χ2n) is 5.33. The van der Waals surface area contributed by atoms with Crippen LogP contribution in [0.5, 0.6) is 0 Å². The Morgan fingerprint density at radius 1 is 1.15 bits per heavy atom. The minimum Gasteiger partial charge on any atom is -0.296 e. The molecule has 2 aromatic rings. The Kier molecular flexibility index (Phi) is 2.82. The molecule has 0 amide bonds. The summed E-state index contributed by atoms with van der Waals surface area (Å²) in [6, 6.07) is 10.6. The van der Waals surface area contributed by atoms with Crippen molar-refractivity contribution in [1.29, 1.82) is 0 Å². The van der Waals surface area contributed by atoms with E-state index in [1.165, 1.54) is 0 Å². The molecule has 0 spiro atoms. The summed E-state index contributed by atoms with van der Waals surface area (Å²) in [7, 11) is 0. The summed E-state index contributed by atoms with van der Waals surface area (Å²) < 4.78 is 4.78. The van der Waals surface area contributed by atoms with Gasteiger partial charge in [-0.1, -0.05) is 30.4 Å².